The van der Waals surface area contributed by atoms with E-state index in [9.17, 15) is 19.8 Å². The number of aliphatic hydroxyl groups is 2. The van der Waals surface area contributed by atoms with E-state index in [1.165, 1.54) is 5.57 Å². The van der Waals surface area contributed by atoms with Gasteiger partial charge < -0.3 is 38.6 Å². The summed E-state index contributed by atoms with van der Waals surface area (Å²) in [5, 5.41) is 24.6. The molecule has 0 aromatic heterocycles. The number of carbonyl (C=O) groups excluding carboxylic acids is 2. The summed E-state index contributed by atoms with van der Waals surface area (Å²) < 4.78 is 37.7. The molecule has 10 nitrogen and oxygen atoms in total. The smallest absolute Gasteiger partial charge is 0.316 e. The Labute approximate surface area is 298 Å². The first-order valence-corrected chi connectivity index (χ1v) is 18.8. The second-order valence-corrected chi connectivity index (χ2v) is 15.5. The molecule has 3 fully saturated rings. The van der Waals surface area contributed by atoms with Gasteiger partial charge in [-0.05, 0) is 63.5 Å². The summed E-state index contributed by atoms with van der Waals surface area (Å²) >= 11 is 0. The topological polar surface area (TPSA) is 130 Å². The molecule has 2 N–H and O–H groups in total. The largest absolute Gasteiger partial charge is 0.462 e. The van der Waals surface area contributed by atoms with Crippen molar-refractivity contribution in [2.45, 2.75) is 154 Å². The number of aliphatic hydroxyl groups excluding tert-OH is 1. The van der Waals surface area contributed by atoms with E-state index in [0.29, 0.717) is 31.3 Å². The van der Waals surface area contributed by atoms with Gasteiger partial charge in [-0.2, -0.15) is 0 Å². The van der Waals surface area contributed by atoms with Crippen molar-refractivity contribution in [2.24, 2.45) is 23.7 Å². The normalized spacial score (nSPS) is 44.1. The average molecular weight is 701 g/mol. The number of allylic oxidation sites excluding steroid dienone is 4. The van der Waals surface area contributed by atoms with E-state index in [1.807, 2.05) is 39.8 Å². The fraction of sp³-hybridized carbons (Fsp3) is 0.750. The van der Waals surface area contributed by atoms with Gasteiger partial charge in [0.2, 0.25) is 5.79 Å². The highest BCUT2D eigenvalue weighted by Gasteiger charge is 2.62. The van der Waals surface area contributed by atoms with Crippen LogP contribution in [-0.2, 0) is 38.0 Å². The van der Waals surface area contributed by atoms with E-state index in [4.69, 9.17) is 28.4 Å². The Morgan fingerprint density at radius 3 is 2.62 bits per heavy atom. The quantitative estimate of drug-likeness (QED) is 0.245. The van der Waals surface area contributed by atoms with Gasteiger partial charge in [-0.15, -0.1) is 0 Å². The van der Waals surface area contributed by atoms with Gasteiger partial charge in [0.15, 0.2) is 0 Å². The van der Waals surface area contributed by atoms with Crippen molar-refractivity contribution in [2.75, 3.05) is 13.7 Å². The Morgan fingerprint density at radius 1 is 1.16 bits per heavy atom. The molecule has 5 rings (SSSR count). The number of fused-ring (bicyclic) bond motifs is 2. The fourth-order valence-electron chi connectivity index (χ4n) is 8.74. The summed E-state index contributed by atoms with van der Waals surface area (Å²) in [6.07, 6.45) is 9.59. The average Bonchev–Trinajstić information content (AvgIpc) is 3.40. The Hall–Kier alpha value is -2.34. The summed E-state index contributed by atoms with van der Waals surface area (Å²) in [6, 6.07) is 0. The lowest BCUT2D eigenvalue weighted by molar-refractivity contribution is -0.384. The highest BCUT2D eigenvalue weighted by Crippen LogP contribution is 2.48. The number of unbranched alkanes of at least 4 members (excludes halogenated alkanes) is 1. The third-order valence-corrected chi connectivity index (χ3v) is 11.6. The predicted molar refractivity (Wildman–Crippen MR) is 188 cm³/mol. The maximum absolute atomic E-state index is 14.3. The third kappa shape index (κ3) is 7.71. The Bertz CT molecular complexity index is 1350. The summed E-state index contributed by atoms with van der Waals surface area (Å²) in [5.74, 6) is -3.93. The summed E-state index contributed by atoms with van der Waals surface area (Å²) in [6.45, 7) is 14.1. The second kappa shape index (κ2) is 16.1. The van der Waals surface area contributed by atoms with Crippen LogP contribution < -0.4 is 0 Å². The molecule has 280 valence electrons. The summed E-state index contributed by atoms with van der Waals surface area (Å²) in [5.41, 5.74) is 0.851. The first-order valence-electron chi connectivity index (χ1n) is 18.8. The van der Waals surface area contributed by atoms with Crippen LogP contribution >= 0.6 is 0 Å². The first kappa shape index (κ1) is 38.9. The molecule has 2 bridgehead atoms. The van der Waals surface area contributed by atoms with E-state index in [-0.39, 0.29) is 36.8 Å². The predicted octanol–water partition coefficient (Wildman–Crippen LogP) is 5.90. The van der Waals surface area contributed by atoms with Crippen LogP contribution in [0, 0.1) is 23.7 Å². The lowest BCUT2D eigenvalue weighted by Crippen LogP contribution is -2.67. The van der Waals surface area contributed by atoms with Gasteiger partial charge in [0.1, 0.15) is 42.0 Å². The van der Waals surface area contributed by atoms with E-state index in [2.05, 4.69) is 32.9 Å². The van der Waals surface area contributed by atoms with Gasteiger partial charge in [0.05, 0.1) is 24.7 Å². The lowest BCUT2D eigenvalue weighted by Gasteiger charge is -2.54. The molecule has 0 aromatic carbocycles. The minimum absolute atomic E-state index is 0.0380. The molecule has 0 radical (unpaired) electrons. The molecule has 0 saturated carbocycles. The van der Waals surface area contributed by atoms with E-state index >= 15 is 0 Å². The van der Waals surface area contributed by atoms with Gasteiger partial charge in [0.25, 0.3) is 0 Å². The van der Waals surface area contributed by atoms with Crippen LogP contribution in [0.3, 0.4) is 0 Å². The van der Waals surface area contributed by atoms with Crippen molar-refractivity contribution in [3.63, 3.8) is 0 Å². The van der Waals surface area contributed by atoms with Crippen LogP contribution in [0.2, 0.25) is 0 Å². The van der Waals surface area contributed by atoms with E-state index < -0.39 is 66.0 Å². The van der Waals surface area contributed by atoms with Crippen molar-refractivity contribution < 1.29 is 48.2 Å². The Morgan fingerprint density at radius 2 is 1.92 bits per heavy atom. The van der Waals surface area contributed by atoms with E-state index in [0.717, 1.165) is 24.8 Å². The molecular formula is C40H60O10. The maximum atomic E-state index is 14.3. The standard InChI is InChI=1S/C40H60O10/c1-9-11-14-25(5)37(42)48-34-31(10-2)27(7)49-39(35(34)41)21-30-20-29(50-39)17-16-24(4)18-23(3)13-12-15-28-22-46-36-33(45-8)26(6)19-32(38(43)47-30)40(28,36)44/h12-13,15-16,19,23,25,27,29-36,41,44H,9-11,14,17-18,20-22H2,1-8H3/b13-12+,24-16+,28-15+/t23-,25?,27+,29+,30-,31+,32-,33+,34+,35-,36+,39+,40+/m0/s1. The monoisotopic (exact) mass is 700 g/mol. The number of rotatable bonds is 7. The summed E-state index contributed by atoms with van der Waals surface area (Å²) in [7, 11) is 1.57. The molecule has 1 unspecified atom stereocenters. The SMILES string of the molecule is CCCCC(C)C(=O)O[C@@H]1[C@H](CC)[C@@H](C)O[C@@]2(C[C@@H]3C[C@@H](C/C=C(\C)C[C@@H](C)/C=C/C=C4\CO[C@@H]5[C@H](OC)C(C)=C[C@@H](C(=O)O3)[C@]45O)O2)[C@H]1O. The third-order valence-electron chi connectivity index (χ3n) is 11.6. The zero-order chi connectivity index (χ0) is 36.4. The number of ether oxygens (including phenoxy) is 6. The molecule has 10 heteroatoms. The maximum Gasteiger partial charge on any atom is 0.316 e. The molecule has 5 aliphatic rings. The molecule has 0 aromatic rings. The lowest BCUT2D eigenvalue weighted by atomic mass is 9.70. The number of carbonyl (C=O) groups is 2. The summed E-state index contributed by atoms with van der Waals surface area (Å²) in [4.78, 5) is 27.6. The molecular weight excluding hydrogens is 640 g/mol. The molecule has 0 amide bonds. The fourth-order valence-corrected chi connectivity index (χ4v) is 8.74. The number of esters is 2. The molecule has 13 atom stereocenters. The van der Waals surface area contributed by atoms with Crippen LogP contribution in [0.1, 0.15) is 99.8 Å². The zero-order valence-corrected chi connectivity index (χ0v) is 31.3. The highest BCUT2D eigenvalue weighted by atomic mass is 16.7. The number of hydrogen-bond donors (Lipinski definition) is 2. The Balaban J connectivity index is 1.51. The van der Waals surface area contributed by atoms with Crippen molar-refractivity contribution in [1.82, 2.24) is 0 Å². The van der Waals surface area contributed by atoms with Gasteiger partial charge in [-0.3, -0.25) is 9.59 Å². The molecule has 4 heterocycles. The van der Waals surface area contributed by atoms with Crippen molar-refractivity contribution >= 4 is 11.9 Å². The van der Waals surface area contributed by atoms with Crippen LogP contribution in [0.15, 0.2) is 47.1 Å². The van der Waals surface area contributed by atoms with Gasteiger partial charge in [-0.1, -0.05) is 76.5 Å². The van der Waals surface area contributed by atoms with Crippen LogP contribution in [0.4, 0.5) is 0 Å². The minimum atomic E-state index is -1.68. The van der Waals surface area contributed by atoms with Crippen LogP contribution in [0.5, 0.6) is 0 Å². The Kier molecular flexibility index (Phi) is 12.5. The highest BCUT2D eigenvalue weighted by molar-refractivity contribution is 5.78. The molecule has 1 spiro atoms. The van der Waals surface area contributed by atoms with Crippen LogP contribution in [0.25, 0.3) is 0 Å². The van der Waals surface area contributed by atoms with Crippen molar-refractivity contribution in [3.8, 4) is 0 Å². The first-order chi connectivity index (χ1) is 23.8. The van der Waals surface area contributed by atoms with Crippen molar-refractivity contribution in [3.05, 3.63) is 47.1 Å². The van der Waals surface area contributed by atoms with Crippen LogP contribution in [-0.4, -0.2) is 90.0 Å². The number of methoxy groups -OCH3 is 1. The van der Waals surface area contributed by atoms with Gasteiger partial charge in [0, 0.05) is 25.9 Å². The molecule has 3 saturated heterocycles. The zero-order valence-electron chi connectivity index (χ0n) is 31.3. The van der Waals surface area contributed by atoms with Crippen molar-refractivity contribution in [1.29, 1.82) is 0 Å². The number of hydrogen-bond acceptors (Lipinski definition) is 10. The van der Waals surface area contributed by atoms with Gasteiger partial charge in [-0.25, -0.2) is 0 Å². The van der Waals surface area contributed by atoms with Gasteiger partial charge >= 0.3 is 11.9 Å². The molecule has 50 heavy (non-hydrogen) atoms. The molecule has 1 aliphatic carbocycles. The van der Waals surface area contributed by atoms with E-state index in [1.54, 1.807) is 13.2 Å². The molecule has 4 aliphatic heterocycles. The second-order valence-electron chi connectivity index (χ2n) is 15.5. The minimum Gasteiger partial charge on any atom is -0.462 e.